The Labute approximate surface area is 619 Å². The standard InChI is InChI=1S/C92H135NO9/c1-3-5-7-9-11-13-15-17-18-19-20-21-22-23-24-25-26-27-29-31-33-35-55-69-87(94)93-84(88(97-72-80-60-46-38-47-61-80)85(96-71-79-58-44-37-45-59-79)68-54-34-32-30-28-16-14-12-10-8-6-4-2)76-101-92-91(100-75-83-66-52-41-53-67-83)90(99-74-82-64-50-40-51-65-82)89(98-73-81-62-48-39-49-63-81)86(102-92)77-95-70-78-56-42-36-43-57-78/h36-53,56-67,84-86,88-92H,3-35,54-55,68-77H2,1-2H3,(H,93,94)/t84-,85+,86?,88+,89?,90?,91?,92?/m1/s1. The number of hydrogen-bond acceptors (Lipinski definition) is 9. The summed E-state index contributed by atoms with van der Waals surface area (Å²) in [6, 6.07) is 61.0. The van der Waals surface area contributed by atoms with Gasteiger partial charge in [0, 0.05) is 6.42 Å². The lowest BCUT2D eigenvalue weighted by molar-refractivity contribution is -0.330. The van der Waals surface area contributed by atoms with Gasteiger partial charge < -0.3 is 43.2 Å². The Hall–Kier alpha value is -5.53. The highest BCUT2D eigenvalue weighted by Crippen LogP contribution is 2.33. The molecule has 0 spiro atoms. The van der Waals surface area contributed by atoms with Crippen LogP contribution in [0.5, 0.6) is 0 Å². The van der Waals surface area contributed by atoms with Crippen LogP contribution in [-0.2, 0) is 82.3 Å². The minimum absolute atomic E-state index is 0.0281. The fourth-order valence-corrected chi connectivity index (χ4v) is 14.2. The van der Waals surface area contributed by atoms with E-state index in [-0.39, 0.29) is 25.7 Å². The van der Waals surface area contributed by atoms with E-state index in [0.29, 0.717) is 39.5 Å². The molecule has 0 aliphatic carbocycles. The van der Waals surface area contributed by atoms with Gasteiger partial charge in [-0.3, -0.25) is 4.79 Å². The van der Waals surface area contributed by atoms with Crippen LogP contribution < -0.4 is 5.32 Å². The summed E-state index contributed by atoms with van der Waals surface area (Å²) in [4.78, 5) is 14.9. The van der Waals surface area contributed by atoms with Crippen LogP contribution in [0.25, 0.3) is 0 Å². The van der Waals surface area contributed by atoms with Crippen molar-refractivity contribution in [2.45, 2.75) is 340 Å². The average molecular weight is 1400 g/mol. The summed E-state index contributed by atoms with van der Waals surface area (Å²) in [5.41, 5.74) is 6.19. The molecule has 0 aromatic heterocycles. The summed E-state index contributed by atoms with van der Waals surface area (Å²) < 4.78 is 57.1. The Morgan fingerprint density at radius 3 is 1.04 bits per heavy atom. The number of benzene rings is 6. The third-order valence-corrected chi connectivity index (χ3v) is 20.3. The van der Waals surface area contributed by atoms with E-state index in [9.17, 15) is 4.79 Å². The first-order valence-electron chi connectivity index (χ1n) is 41.0. The second-order valence-corrected chi connectivity index (χ2v) is 29.1. The van der Waals surface area contributed by atoms with E-state index >= 15 is 0 Å². The van der Waals surface area contributed by atoms with Crippen molar-refractivity contribution in [3.8, 4) is 0 Å². The number of unbranched alkanes of at least 4 members (excludes halogenated alkanes) is 33. The first-order valence-corrected chi connectivity index (χ1v) is 41.0. The van der Waals surface area contributed by atoms with E-state index in [2.05, 4.69) is 116 Å². The zero-order valence-electron chi connectivity index (χ0n) is 63.4. The van der Waals surface area contributed by atoms with Gasteiger partial charge in [-0.05, 0) is 46.2 Å². The number of carbonyl (C=O) groups is 1. The van der Waals surface area contributed by atoms with Crippen LogP contribution in [0.2, 0.25) is 0 Å². The number of hydrogen-bond donors (Lipinski definition) is 1. The smallest absolute Gasteiger partial charge is 0.220 e. The topological polar surface area (TPSA) is 103 Å². The van der Waals surface area contributed by atoms with Crippen LogP contribution in [0.4, 0.5) is 0 Å². The largest absolute Gasteiger partial charge is 0.374 e. The van der Waals surface area contributed by atoms with Gasteiger partial charge in [-0.25, -0.2) is 0 Å². The van der Waals surface area contributed by atoms with E-state index in [1.54, 1.807) is 0 Å². The monoisotopic (exact) mass is 1400 g/mol. The summed E-state index contributed by atoms with van der Waals surface area (Å²) in [6.07, 6.45) is 41.8. The molecule has 1 aliphatic heterocycles. The molecule has 1 amide bonds. The summed E-state index contributed by atoms with van der Waals surface area (Å²) in [5.74, 6) is -0.0281. The van der Waals surface area contributed by atoms with E-state index < -0.39 is 49.0 Å². The molecule has 1 N–H and O–H groups in total. The van der Waals surface area contributed by atoms with Gasteiger partial charge in [-0.2, -0.15) is 0 Å². The van der Waals surface area contributed by atoms with E-state index in [4.69, 9.17) is 37.9 Å². The molecule has 10 heteroatoms. The molecule has 1 saturated heterocycles. The molecule has 102 heavy (non-hydrogen) atoms. The zero-order chi connectivity index (χ0) is 71.1. The Kier molecular flexibility index (Phi) is 45.9. The van der Waals surface area contributed by atoms with Crippen LogP contribution >= 0.6 is 0 Å². The minimum atomic E-state index is -1.00. The quantitative estimate of drug-likeness (QED) is 0.0374. The van der Waals surface area contributed by atoms with Crippen molar-refractivity contribution >= 4 is 5.91 Å². The van der Waals surface area contributed by atoms with Crippen molar-refractivity contribution in [1.29, 1.82) is 0 Å². The van der Waals surface area contributed by atoms with Crippen LogP contribution in [0.3, 0.4) is 0 Å². The third kappa shape index (κ3) is 36.9. The molecule has 8 atom stereocenters. The second kappa shape index (κ2) is 55.9. The van der Waals surface area contributed by atoms with Crippen LogP contribution in [-0.4, -0.2) is 68.1 Å². The van der Waals surface area contributed by atoms with Crippen molar-refractivity contribution in [2.75, 3.05) is 13.2 Å². The fraction of sp³-hybridized carbons (Fsp3) is 0.598. The predicted molar refractivity (Wildman–Crippen MR) is 420 cm³/mol. The molecule has 6 aromatic carbocycles. The molecule has 0 bridgehead atoms. The average Bonchev–Trinajstić information content (AvgIpc) is 0.787. The fourth-order valence-electron chi connectivity index (χ4n) is 14.2. The number of amides is 1. The van der Waals surface area contributed by atoms with Gasteiger partial charge in [0.2, 0.25) is 5.91 Å². The molecule has 0 saturated carbocycles. The molecule has 1 heterocycles. The Bertz CT molecular complexity index is 2870. The van der Waals surface area contributed by atoms with Crippen molar-refractivity contribution in [3.05, 3.63) is 215 Å². The van der Waals surface area contributed by atoms with Gasteiger partial charge in [-0.15, -0.1) is 0 Å². The van der Waals surface area contributed by atoms with Gasteiger partial charge in [0.25, 0.3) is 0 Å². The van der Waals surface area contributed by atoms with Crippen LogP contribution in [0.1, 0.15) is 285 Å². The zero-order valence-corrected chi connectivity index (χ0v) is 63.4. The highest BCUT2D eigenvalue weighted by atomic mass is 16.7. The number of nitrogens with one attached hydrogen (secondary N) is 1. The third-order valence-electron chi connectivity index (χ3n) is 20.3. The molecular weight excluding hydrogens is 1260 g/mol. The second-order valence-electron chi connectivity index (χ2n) is 29.1. The van der Waals surface area contributed by atoms with Gasteiger partial charge >= 0.3 is 0 Å². The lowest BCUT2D eigenvalue weighted by atomic mass is 9.97. The normalized spacial score (nSPS) is 17.0. The van der Waals surface area contributed by atoms with Crippen molar-refractivity contribution in [2.24, 2.45) is 0 Å². The molecule has 0 radical (unpaired) electrons. The molecule has 562 valence electrons. The minimum Gasteiger partial charge on any atom is -0.374 e. The van der Waals surface area contributed by atoms with Crippen LogP contribution in [0.15, 0.2) is 182 Å². The first-order chi connectivity index (χ1) is 50.6. The van der Waals surface area contributed by atoms with E-state index in [1.807, 2.05) is 84.9 Å². The highest BCUT2D eigenvalue weighted by Gasteiger charge is 2.50. The van der Waals surface area contributed by atoms with Gasteiger partial charge in [0.05, 0.1) is 65.0 Å². The molecule has 10 nitrogen and oxygen atoms in total. The Balaban J connectivity index is 1.08. The maximum Gasteiger partial charge on any atom is 0.220 e. The number of carbonyl (C=O) groups excluding carboxylic acids is 1. The summed E-state index contributed by atoms with van der Waals surface area (Å²) in [6.45, 7) is 6.75. The molecule has 6 aromatic rings. The van der Waals surface area contributed by atoms with Gasteiger partial charge in [-0.1, -0.05) is 414 Å². The Morgan fingerprint density at radius 1 is 0.343 bits per heavy atom. The lowest BCUT2D eigenvalue weighted by Crippen LogP contribution is -2.62. The number of rotatable bonds is 62. The first kappa shape index (κ1) is 83.7. The van der Waals surface area contributed by atoms with Crippen LogP contribution in [0, 0.1) is 0 Å². The van der Waals surface area contributed by atoms with Gasteiger partial charge in [0.1, 0.15) is 30.5 Å². The van der Waals surface area contributed by atoms with Gasteiger partial charge in [0.15, 0.2) is 6.29 Å². The summed E-state index contributed by atoms with van der Waals surface area (Å²) >= 11 is 0. The SMILES string of the molecule is CCCCCCCCCCCCCCCCCCCCCCCCCC(=O)N[C@H](COC1OC(COCc2ccccc2)C(OCc2ccccc2)C(OCc2ccccc2)C1OCc1ccccc1)[C@H](OCc1ccccc1)[C@H](CCCCCCCCCCCCCC)OCc1ccccc1. The Morgan fingerprint density at radius 2 is 0.657 bits per heavy atom. The molecule has 5 unspecified atom stereocenters. The predicted octanol–water partition coefficient (Wildman–Crippen LogP) is 23.8. The molecule has 1 fully saturated rings. The number of ether oxygens (including phenoxy) is 8. The van der Waals surface area contributed by atoms with Crippen molar-refractivity contribution in [3.63, 3.8) is 0 Å². The highest BCUT2D eigenvalue weighted by molar-refractivity contribution is 5.76. The summed E-state index contributed by atoms with van der Waals surface area (Å²) in [5, 5.41) is 3.58. The maximum absolute atomic E-state index is 14.9. The van der Waals surface area contributed by atoms with E-state index in [0.717, 1.165) is 71.9 Å². The van der Waals surface area contributed by atoms with Crippen molar-refractivity contribution in [1.82, 2.24) is 5.32 Å². The lowest BCUT2D eigenvalue weighted by Gasteiger charge is -2.46. The van der Waals surface area contributed by atoms with E-state index in [1.165, 1.54) is 193 Å². The molecular formula is C92H135NO9. The maximum atomic E-state index is 14.9. The molecule has 1 aliphatic rings. The molecule has 7 rings (SSSR count). The summed E-state index contributed by atoms with van der Waals surface area (Å²) in [7, 11) is 0. The van der Waals surface area contributed by atoms with Crippen molar-refractivity contribution < 1.29 is 42.7 Å².